The molecule has 3 rings (SSSR count). The molecule has 0 unspecified atom stereocenters. The van der Waals surface area contributed by atoms with Crippen molar-refractivity contribution in [2.75, 3.05) is 59.5 Å². The highest BCUT2D eigenvalue weighted by molar-refractivity contribution is 6.61. The first-order valence-corrected chi connectivity index (χ1v) is 43.0. The lowest BCUT2D eigenvalue weighted by Gasteiger charge is -2.35. The van der Waals surface area contributed by atoms with Crippen LogP contribution in [-0.4, -0.2) is 107 Å². The highest BCUT2D eigenvalue weighted by atomic mass is 28.4. The highest BCUT2D eigenvalue weighted by Gasteiger charge is 2.43. The maximum Gasteiger partial charge on any atom is 0.504 e. The summed E-state index contributed by atoms with van der Waals surface area (Å²) in [6.07, 6.45) is 61.0. The summed E-state index contributed by atoms with van der Waals surface area (Å²) in [7, 11) is -10.6. The molecule has 3 aromatic heterocycles. The topological polar surface area (TPSA) is 179 Å². The molecule has 0 fully saturated rings. The van der Waals surface area contributed by atoms with Gasteiger partial charge in [0.2, 0.25) is 19.0 Å². The molecule has 0 N–H and O–H groups in total. The van der Waals surface area contributed by atoms with Crippen LogP contribution in [0.15, 0.2) is 56.2 Å². The van der Waals surface area contributed by atoms with E-state index >= 15 is 0 Å². The van der Waals surface area contributed by atoms with E-state index in [4.69, 9.17) is 54.9 Å². The zero-order chi connectivity index (χ0) is 67.2. The molecule has 0 aliphatic carbocycles. The Hall–Kier alpha value is -2.13. The van der Waals surface area contributed by atoms with E-state index < -0.39 is 33.7 Å². The molecule has 0 amide bonds. The minimum absolute atomic E-state index is 0.636. The van der Waals surface area contributed by atoms with Crippen molar-refractivity contribution in [3.8, 4) is 0 Å². The summed E-state index contributed by atoms with van der Waals surface area (Å²) in [5, 5.41) is 25.2. The van der Waals surface area contributed by atoms with Crippen LogP contribution in [0.3, 0.4) is 0 Å². The summed E-state index contributed by atoms with van der Waals surface area (Å²) in [5.74, 6) is 0. The van der Waals surface area contributed by atoms with Gasteiger partial charge in [-0.3, -0.25) is 7.32 Å². The van der Waals surface area contributed by atoms with Crippen LogP contribution in [0.2, 0.25) is 18.1 Å². The molecule has 22 heteroatoms. The van der Waals surface area contributed by atoms with Crippen molar-refractivity contribution in [1.29, 1.82) is 0 Å². The van der Waals surface area contributed by atoms with Gasteiger partial charge in [-0.2, -0.15) is 0 Å². The SMILES string of the molecule is CCCCCCCCCCCC[n+]1ccn(CC[Si](OCC)(OCC)OCC)c1.CCCCCCCCCCCC[n+]1ccn(CC[Si](OCC)(OCC)OCC)c1.CCCCCCCCCCCC[n+]1ccn(CC[Si](OCC)(OCC)OCC)c1.[O-]B([O-])[O-]. The van der Waals surface area contributed by atoms with E-state index in [0.717, 1.165) is 57.4 Å². The minimum Gasteiger partial charge on any atom is -0.907 e. The van der Waals surface area contributed by atoms with Gasteiger partial charge in [0.1, 0.15) is 37.2 Å². The number of nitrogens with zero attached hydrogens (tertiary/aromatic N) is 6. The van der Waals surface area contributed by atoms with E-state index in [1.54, 1.807) is 0 Å². The summed E-state index contributed by atoms with van der Waals surface area (Å²) in [6, 6.07) is 2.44. The standard InChI is InChI=1S/3C23H47N2O3Si.BO3/c3*1-5-9-10-11-12-13-14-15-16-17-18-24-19-20-25(23-24)21-22-29(26-6-2,27-7-3)28-8-4;2-1(3)4/h3*19-20,23H,5-18,21-22H2,1-4H3;/q3*+1;-3. The first-order chi connectivity index (χ1) is 44.3. The van der Waals surface area contributed by atoms with Crippen LogP contribution in [0.5, 0.6) is 0 Å². The predicted octanol–water partition coefficient (Wildman–Crippen LogP) is 13.3. The van der Waals surface area contributed by atoms with Gasteiger partial charge in [0, 0.05) is 59.5 Å². The zero-order valence-corrected chi connectivity index (χ0v) is 63.8. The van der Waals surface area contributed by atoms with E-state index in [1.807, 2.05) is 62.3 Å². The molecule has 0 radical (unpaired) electrons. The molecular weight excluding hydrogens is 1200 g/mol. The van der Waals surface area contributed by atoms with Crippen LogP contribution in [-0.2, 0) is 79.1 Å². The molecule has 0 atom stereocenters. The van der Waals surface area contributed by atoms with E-state index in [2.05, 4.69) is 104 Å². The number of hydrogen-bond donors (Lipinski definition) is 0. The second kappa shape index (κ2) is 62.7. The second-order valence-electron chi connectivity index (χ2n) is 23.7. The fourth-order valence-electron chi connectivity index (χ4n) is 11.3. The van der Waals surface area contributed by atoms with Crippen molar-refractivity contribution < 1.29 is 68.6 Å². The van der Waals surface area contributed by atoms with Crippen molar-refractivity contribution in [3.63, 3.8) is 0 Å². The minimum atomic E-state index is -2.92. The van der Waals surface area contributed by atoms with Crippen LogP contribution in [0.25, 0.3) is 0 Å². The lowest BCUT2D eigenvalue weighted by Crippen LogP contribution is -2.56. The summed E-state index contributed by atoms with van der Waals surface area (Å²) in [5.41, 5.74) is 0. The number of hydrogen-bond acceptors (Lipinski definition) is 12. The maximum atomic E-state index is 8.42. The van der Waals surface area contributed by atoms with Crippen LogP contribution in [0, 0.1) is 0 Å². The first-order valence-electron chi connectivity index (χ1n) is 37.2. The van der Waals surface area contributed by atoms with Gasteiger partial charge in [-0.05, 0) is 101 Å². The Kier molecular flexibility index (Phi) is 61.2. The Balaban J connectivity index is 0.00000129. The fourth-order valence-corrected chi connectivity index (χ4v) is 18.9. The van der Waals surface area contributed by atoms with Crippen LogP contribution in [0.1, 0.15) is 276 Å². The predicted molar refractivity (Wildman–Crippen MR) is 371 cm³/mol. The Bertz CT molecular complexity index is 1710. The van der Waals surface area contributed by atoms with Crippen molar-refractivity contribution in [2.45, 2.75) is 333 Å². The van der Waals surface area contributed by atoms with Crippen molar-refractivity contribution >= 4 is 33.7 Å². The van der Waals surface area contributed by atoms with Crippen LogP contribution >= 0.6 is 0 Å². The highest BCUT2D eigenvalue weighted by Crippen LogP contribution is 2.21. The molecule has 0 aromatic carbocycles. The van der Waals surface area contributed by atoms with Gasteiger partial charge in [-0.15, -0.1) is 0 Å². The monoisotopic (exact) mass is 1340 g/mol. The lowest BCUT2D eigenvalue weighted by molar-refractivity contribution is -0.697. The second-order valence-corrected chi connectivity index (χ2v) is 31.9. The van der Waals surface area contributed by atoms with Gasteiger partial charge in [-0.1, -0.05) is 175 Å². The molecular formula is C69H141BN6O12Si3. The van der Waals surface area contributed by atoms with E-state index in [9.17, 15) is 0 Å². The summed E-state index contributed by atoms with van der Waals surface area (Å²) in [4.78, 5) is 0. The molecule has 0 spiro atoms. The lowest BCUT2D eigenvalue weighted by atomic mass is 10.1. The van der Waals surface area contributed by atoms with Gasteiger partial charge in [-0.25, -0.2) is 27.4 Å². The molecule has 3 aromatic rings. The van der Waals surface area contributed by atoms with Crippen molar-refractivity contribution in [1.82, 2.24) is 13.7 Å². The number of unbranched alkanes of at least 4 members (excludes halogenated alkanes) is 27. The van der Waals surface area contributed by atoms with Gasteiger partial charge in [0.25, 0.3) is 0 Å². The number of aromatic nitrogens is 6. The van der Waals surface area contributed by atoms with Crippen molar-refractivity contribution in [2.24, 2.45) is 0 Å². The maximum absolute atomic E-state index is 8.42. The van der Waals surface area contributed by atoms with Gasteiger partial charge in [0.05, 0.1) is 57.4 Å². The van der Waals surface area contributed by atoms with E-state index in [0.29, 0.717) is 59.5 Å². The average Bonchev–Trinajstić information content (AvgIpc) is 4.08. The zero-order valence-electron chi connectivity index (χ0n) is 60.8. The Morgan fingerprint density at radius 2 is 0.440 bits per heavy atom. The van der Waals surface area contributed by atoms with Crippen molar-refractivity contribution in [3.05, 3.63) is 56.2 Å². The number of imidazole rings is 3. The third-order valence-electron chi connectivity index (χ3n) is 15.9. The number of aryl methyl sites for hydroxylation is 6. The van der Waals surface area contributed by atoms with E-state index in [1.165, 1.54) is 193 Å². The Morgan fingerprint density at radius 3 is 0.604 bits per heavy atom. The summed E-state index contributed by atoms with van der Waals surface area (Å²) >= 11 is 0. The third-order valence-corrected chi connectivity index (χ3v) is 24.9. The molecule has 0 saturated heterocycles. The molecule has 534 valence electrons. The average molecular weight is 1340 g/mol. The van der Waals surface area contributed by atoms with E-state index in [-0.39, 0.29) is 0 Å². The van der Waals surface area contributed by atoms with Crippen LogP contribution < -0.4 is 28.8 Å². The number of rotatable bonds is 60. The molecule has 0 aliphatic rings. The Morgan fingerprint density at radius 1 is 0.275 bits per heavy atom. The Labute approximate surface area is 562 Å². The largest absolute Gasteiger partial charge is 0.907 e. The van der Waals surface area contributed by atoms with Gasteiger partial charge < -0.3 is 54.9 Å². The van der Waals surface area contributed by atoms with Gasteiger partial charge in [0.15, 0.2) is 0 Å². The quantitative estimate of drug-likeness (QED) is 0.0297. The van der Waals surface area contributed by atoms with Gasteiger partial charge >= 0.3 is 26.4 Å². The molecule has 0 saturated carbocycles. The molecule has 18 nitrogen and oxygen atoms in total. The third kappa shape index (κ3) is 49.1. The first kappa shape index (κ1) is 88.9. The molecule has 3 heterocycles. The van der Waals surface area contributed by atoms with Crippen LogP contribution in [0.4, 0.5) is 0 Å². The summed E-state index contributed by atoms with van der Waals surface area (Å²) in [6.45, 7) is 36.6. The molecule has 91 heavy (non-hydrogen) atoms. The smallest absolute Gasteiger partial charge is 0.504 e. The molecule has 0 aliphatic heterocycles. The normalized spacial score (nSPS) is 11.8. The fraction of sp³-hybridized carbons (Fsp3) is 0.870. The molecule has 0 bridgehead atoms. The summed E-state index contributed by atoms with van der Waals surface area (Å²) < 4.78 is 67.2.